The smallest absolute Gasteiger partial charge is 0.137 e. The van der Waals surface area contributed by atoms with Crippen LogP contribution in [-0.4, -0.2) is 11.6 Å². The average molecular weight is 149 g/mol. The lowest BCUT2D eigenvalue weighted by Crippen LogP contribution is -1.91. The van der Waals surface area contributed by atoms with Crippen molar-refractivity contribution in [2.45, 2.75) is 6.92 Å². The van der Waals surface area contributed by atoms with Gasteiger partial charge < -0.3 is 4.74 Å². The van der Waals surface area contributed by atoms with Crippen LogP contribution in [-0.2, 0) is 0 Å². The van der Waals surface area contributed by atoms with Gasteiger partial charge in [-0.15, -0.1) is 0 Å². The molecule has 1 aromatic heterocycles. The van der Waals surface area contributed by atoms with Gasteiger partial charge in [-0.05, 0) is 25.1 Å². The summed E-state index contributed by atoms with van der Waals surface area (Å²) in [6.07, 6.45) is 3.40. The SMILES string of the molecule is C=Cc1ccc(OCC)cn1. The first-order chi connectivity index (χ1) is 5.36. The van der Waals surface area contributed by atoms with E-state index < -0.39 is 0 Å². The molecule has 0 atom stereocenters. The fourth-order valence-electron chi connectivity index (χ4n) is 0.765. The summed E-state index contributed by atoms with van der Waals surface area (Å²) in [4.78, 5) is 4.07. The molecule has 0 saturated heterocycles. The molecule has 11 heavy (non-hydrogen) atoms. The predicted molar refractivity (Wildman–Crippen MR) is 45.5 cm³/mol. The van der Waals surface area contributed by atoms with Crippen LogP contribution in [0.15, 0.2) is 24.9 Å². The van der Waals surface area contributed by atoms with Gasteiger partial charge in [-0.3, -0.25) is 4.98 Å². The second kappa shape index (κ2) is 3.76. The molecule has 2 heteroatoms. The van der Waals surface area contributed by atoms with Gasteiger partial charge in [0, 0.05) is 0 Å². The Morgan fingerprint density at radius 2 is 2.45 bits per heavy atom. The van der Waals surface area contributed by atoms with Crippen molar-refractivity contribution in [3.63, 3.8) is 0 Å². The molecule has 0 aliphatic rings. The van der Waals surface area contributed by atoms with Crippen LogP contribution in [0.25, 0.3) is 6.08 Å². The molecule has 1 aromatic rings. The van der Waals surface area contributed by atoms with Crippen LogP contribution >= 0.6 is 0 Å². The Morgan fingerprint density at radius 1 is 1.64 bits per heavy atom. The lowest BCUT2D eigenvalue weighted by atomic mass is 10.3. The summed E-state index contributed by atoms with van der Waals surface area (Å²) in [5, 5.41) is 0. The monoisotopic (exact) mass is 149 g/mol. The summed E-state index contributed by atoms with van der Waals surface area (Å²) in [6, 6.07) is 3.76. The zero-order valence-corrected chi connectivity index (χ0v) is 6.58. The topological polar surface area (TPSA) is 22.1 Å². The Labute approximate surface area is 66.5 Å². The second-order valence-electron chi connectivity index (χ2n) is 2.06. The highest BCUT2D eigenvalue weighted by molar-refractivity contribution is 5.42. The molecule has 0 saturated carbocycles. The molecule has 0 radical (unpaired) electrons. The minimum atomic E-state index is 0.676. The molecule has 0 bridgehead atoms. The maximum Gasteiger partial charge on any atom is 0.137 e. The lowest BCUT2D eigenvalue weighted by molar-refractivity contribution is 0.339. The van der Waals surface area contributed by atoms with E-state index in [0.29, 0.717) is 6.61 Å². The number of hydrogen-bond donors (Lipinski definition) is 0. The van der Waals surface area contributed by atoms with E-state index in [4.69, 9.17) is 4.74 Å². The zero-order chi connectivity index (χ0) is 8.10. The highest BCUT2D eigenvalue weighted by Crippen LogP contribution is 2.08. The minimum absolute atomic E-state index is 0.676. The lowest BCUT2D eigenvalue weighted by Gasteiger charge is -2.00. The Bertz CT molecular complexity index is 228. The van der Waals surface area contributed by atoms with Gasteiger partial charge in [0.05, 0.1) is 18.5 Å². The summed E-state index contributed by atoms with van der Waals surface area (Å²) in [5.74, 6) is 0.804. The molecule has 0 N–H and O–H groups in total. The average Bonchev–Trinajstić information content (AvgIpc) is 2.07. The van der Waals surface area contributed by atoms with Crippen LogP contribution < -0.4 is 4.74 Å². The predicted octanol–water partition coefficient (Wildman–Crippen LogP) is 2.12. The molecule has 58 valence electrons. The van der Waals surface area contributed by atoms with Crippen LogP contribution in [0.2, 0.25) is 0 Å². The summed E-state index contributed by atoms with van der Waals surface area (Å²) < 4.78 is 5.21. The summed E-state index contributed by atoms with van der Waals surface area (Å²) in [7, 11) is 0. The van der Waals surface area contributed by atoms with Crippen molar-refractivity contribution < 1.29 is 4.74 Å². The number of nitrogens with zero attached hydrogens (tertiary/aromatic N) is 1. The van der Waals surface area contributed by atoms with Gasteiger partial charge in [-0.2, -0.15) is 0 Å². The van der Waals surface area contributed by atoms with Crippen LogP contribution in [0, 0.1) is 0 Å². The van der Waals surface area contributed by atoms with Gasteiger partial charge in [0.15, 0.2) is 0 Å². The molecule has 1 rings (SSSR count). The summed E-state index contributed by atoms with van der Waals surface area (Å²) in [5.41, 5.74) is 0.869. The third-order valence-corrected chi connectivity index (χ3v) is 1.28. The fourth-order valence-corrected chi connectivity index (χ4v) is 0.765. The normalized spacial score (nSPS) is 9.18. The van der Waals surface area contributed by atoms with Crippen LogP contribution in [0.4, 0.5) is 0 Å². The van der Waals surface area contributed by atoms with Crippen molar-refractivity contribution in [3.05, 3.63) is 30.6 Å². The van der Waals surface area contributed by atoms with Gasteiger partial charge in [-0.25, -0.2) is 0 Å². The number of pyridine rings is 1. The first-order valence-electron chi connectivity index (χ1n) is 3.58. The molecule has 2 nitrogen and oxygen atoms in total. The van der Waals surface area contributed by atoms with Gasteiger partial charge in [-0.1, -0.05) is 6.58 Å². The van der Waals surface area contributed by atoms with E-state index in [-0.39, 0.29) is 0 Å². The summed E-state index contributed by atoms with van der Waals surface area (Å²) in [6.45, 7) is 6.22. The molecule has 0 aliphatic heterocycles. The Hall–Kier alpha value is -1.31. The third kappa shape index (κ3) is 2.08. The third-order valence-electron chi connectivity index (χ3n) is 1.28. The molecule has 1 heterocycles. The van der Waals surface area contributed by atoms with E-state index in [9.17, 15) is 0 Å². The minimum Gasteiger partial charge on any atom is -0.492 e. The van der Waals surface area contributed by atoms with Crippen LogP contribution in [0.3, 0.4) is 0 Å². The maximum atomic E-state index is 5.21. The van der Waals surface area contributed by atoms with Crippen molar-refractivity contribution in [1.82, 2.24) is 4.98 Å². The largest absolute Gasteiger partial charge is 0.492 e. The van der Waals surface area contributed by atoms with Crippen molar-refractivity contribution in [1.29, 1.82) is 0 Å². The molecule has 0 spiro atoms. The standard InChI is InChI=1S/C9H11NO/c1-3-8-5-6-9(7-10-8)11-4-2/h3,5-7H,1,4H2,2H3. The summed E-state index contributed by atoms with van der Waals surface area (Å²) >= 11 is 0. The van der Waals surface area contributed by atoms with E-state index in [1.54, 1.807) is 12.3 Å². The van der Waals surface area contributed by atoms with Crippen molar-refractivity contribution in [3.8, 4) is 5.75 Å². The van der Waals surface area contributed by atoms with Crippen molar-refractivity contribution in [2.75, 3.05) is 6.61 Å². The highest BCUT2D eigenvalue weighted by atomic mass is 16.5. The first kappa shape index (κ1) is 7.79. The van der Waals surface area contributed by atoms with Crippen LogP contribution in [0.1, 0.15) is 12.6 Å². The quantitative estimate of drug-likeness (QED) is 0.656. The van der Waals surface area contributed by atoms with E-state index in [1.807, 2.05) is 19.1 Å². The number of rotatable bonds is 3. The maximum absolute atomic E-state index is 5.21. The number of ether oxygens (including phenoxy) is 1. The van der Waals surface area contributed by atoms with E-state index in [1.165, 1.54) is 0 Å². The Kier molecular flexibility index (Phi) is 2.66. The molecule has 0 amide bonds. The van der Waals surface area contributed by atoms with Crippen molar-refractivity contribution in [2.24, 2.45) is 0 Å². The molecule has 0 aliphatic carbocycles. The van der Waals surface area contributed by atoms with Gasteiger partial charge in [0.2, 0.25) is 0 Å². The van der Waals surface area contributed by atoms with Gasteiger partial charge >= 0.3 is 0 Å². The molecular weight excluding hydrogens is 138 g/mol. The van der Waals surface area contributed by atoms with E-state index in [2.05, 4.69) is 11.6 Å². The molecular formula is C9H11NO. The van der Waals surface area contributed by atoms with Gasteiger partial charge in [0.25, 0.3) is 0 Å². The van der Waals surface area contributed by atoms with Crippen molar-refractivity contribution >= 4 is 6.08 Å². The number of aromatic nitrogens is 1. The molecule has 0 unspecified atom stereocenters. The molecule has 0 aromatic carbocycles. The van der Waals surface area contributed by atoms with E-state index in [0.717, 1.165) is 11.4 Å². The Morgan fingerprint density at radius 3 is 2.91 bits per heavy atom. The first-order valence-corrected chi connectivity index (χ1v) is 3.58. The fraction of sp³-hybridized carbons (Fsp3) is 0.222. The zero-order valence-electron chi connectivity index (χ0n) is 6.58. The molecule has 0 fully saturated rings. The second-order valence-corrected chi connectivity index (χ2v) is 2.06. The number of hydrogen-bond acceptors (Lipinski definition) is 2. The Balaban J connectivity index is 2.74. The van der Waals surface area contributed by atoms with Gasteiger partial charge in [0.1, 0.15) is 5.75 Å². The van der Waals surface area contributed by atoms with Crippen LogP contribution in [0.5, 0.6) is 5.75 Å². The van der Waals surface area contributed by atoms with E-state index >= 15 is 0 Å². The highest BCUT2D eigenvalue weighted by Gasteiger charge is 1.90.